The largest absolute Gasteiger partial charge is 0.444 e. The molecule has 1 atom stereocenters. The van der Waals surface area contributed by atoms with Crippen LogP contribution in [0.25, 0.3) is 22.2 Å². The molecule has 2 aromatic carbocycles. The van der Waals surface area contributed by atoms with Crippen molar-refractivity contribution in [3.05, 3.63) is 53.6 Å². The van der Waals surface area contributed by atoms with E-state index in [0.29, 0.717) is 22.8 Å². The molecule has 6 nitrogen and oxygen atoms in total. The summed E-state index contributed by atoms with van der Waals surface area (Å²) in [6, 6.07) is 12.6. The van der Waals surface area contributed by atoms with E-state index in [1.54, 1.807) is 18.2 Å². The molecule has 1 saturated carbocycles. The van der Waals surface area contributed by atoms with E-state index in [4.69, 9.17) is 20.9 Å². The molecule has 0 aliphatic heterocycles. The third-order valence-corrected chi connectivity index (χ3v) is 5.47. The van der Waals surface area contributed by atoms with Crippen molar-refractivity contribution in [2.75, 3.05) is 0 Å². The Morgan fingerprint density at radius 2 is 1.97 bits per heavy atom. The zero-order chi connectivity index (χ0) is 22.2. The molecule has 1 aliphatic rings. The maximum atomic E-state index is 12.5. The van der Waals surface area contributed by atoms with Crippen molar-refractivity contribution < 1.29 is 18.8 Å². The van der Waals surface area contributed by atoms with E-state index in [1.165, 1.54) is 0 Å². The minimum atomic E-state index is -0.576. The first-order valence-electron chi connectivity index (χ1n) is 10.4. The van der Waals surface area contributed by atoms with Crippen LogP contribution in [-0.2, 0) is 4.74 Å². The van der Waals surface area contributed by atoms with Crippen molar-refractivity contribution in [2.24, 2.45) is 5.92 Å². The summed E-state index contributed by atoms with van der Waals surface area (Å²) in [5.41, 5.74) is 2.73. The molecule has 7 heteroatoms. The molecule has 162 valence electrons. The van der Waals surface area contributed by atoms with Crippen molar-refractivity contribution in [3.8, 4) is 11.3 Å². The van der Waals surface area contributed by atoms with Gasteiger partial charge in [-0.2, -0.15) is 0 Å². The quantitative estimate of drug-likeness (QED) is 0.459. The van der Waals surface area contributed by atoms with Crippen LogP contribution in [0.15, 0.2) is 47.0 Å². The Kier molecular flexibility index (Phi) is 5.75. The second kappa shape index (κ2) is 8.35. The third kappa shape index (κ3) is 5.07. The summed E-state index contributed by atoms with van der Waals surface area (Å²) in [6.45, 7) is 5.54. The number of ether oxygens (including phenoxy) is 1. The minimum absolute atomic E-state index is 0.214. The number of carbonyl (C=O) groups excluding carboxylic acids is 2. The maximum Gasteiger partial charge on any atom is 0.408 e. The first-order chi connectivity index (χ1) is 14.7. The van der Waals surface area contributed by atoms with E-state index in [1.807, 2.05) is 45.0 Å². The molecule has 3 aromatic rings. The average molecular weight is 441 g/mol. The fourth-order valence-corrected chi connectivity index (χ4v) is 3.79. The summed E-state index contributed by atoms with van der Waals surface area (Å²) in [5.74, 6) is 0.583. The highest BCUT2D eigenvalue weighted by molar-refractivity contribution is 6.67. The van der Waals surface area contributed by atoms with Crippen LogP contribution >= 0.6 is 11.6 Å². The maximum absolute atomic E-state index is 12.5. The van der Waals surface area contributed by atoms with Gasteiger partial charge in [0.25, 0.3) is 5.24 Å². The summed E-state index contributed by atoms with van der Waals surface area (Å²) in [7, 11) is 0. The number of benzene rings is 2. The number of hydrogen-bond acceptors (Lipinski definition) is 5. The van der Waals surface area contributed by atoms with Crippen LogP contribution in [-0.4, -0.2) is 22.1 Å². The second-order valence-electron chi connectivity index (χ2n) is 8.98. The van der Waals surface area contributed by atoms with Crippen molar-refractivity contribution in [1.82, 2.24) is 10.5 Å². The lowest BCUT2D eigenvalue weighted by molar-refractivity contribution is 0.0499. The molecule has 1 aliphatic carbocycles. The SMILES string of the molecule is CC(C)(C)OC(=O)NC(CC1CC1)c1ccccc1-c1noc2cc(C(=O)Cl)ccc12. The number of rotatable bonds is 6. The highest BCUT2D eigenvalue weighted by atomic mass is 35.5. The van der Waals surface area contributed by atoms with Crippen LogP contribution < -0.4 is 5.32 Å². The summed E-state index contributed by atoms with van der Waals surface area (Å²) in [5, 5.41) is 7.55. The van der Waals surface area contributed by atoms with Gasteiger partial charge < -0.3 is 14.6 Å². The highest BCUT2D eigenvalue weighted by Crippen LogP contribution is 2.41. The van der Waals surface area contributed by atoms with Crippen LogP contribution in [0.4, 0.5) is 4.79 Å². The third-order valence-electron chi connectivity index (χ3n) is 5.25. The Balaban J connectivity index is 1.71. The number of carbonyl (C=O) groups is 2. The van der Waals surface area contributed by atoms with Crippen LogP contribution in [0.1, 0.15) is 62.0 Å². The fourth-order valence-electron chi connectivity index (χ4n) is 3.67. The Morgan fingerprint density at radius 3 is 2.65 bits per heavy atom. The van der Waals surface area contributed by atoms with E-state index in [0.717, 1.165) is 35.8 Å². The molecule has 0 spiro atoms. The molecule has 0 radical (unpaired) electrons. The number of hydrogen-bond donors (Lipinski definition) is 1. The minimum Gasteiger partial charge on any atom is -0.444 e. The number of nitrogens with zero attached hydrogens (tertiary/aromatic N) is 1. The van der Waals surface area contributed by atoms with Gasteiger partial charge in [0.15, 0.2) is 5.58 Å². The molecule has 1 aromatic heterocycles. The Labute approximate surface area is 185 Å². The summed E-state index contributed by atoms with van der Waals surface area (Å²) in [6.07, 6.45) is 2.72. The van der Waals surface area contributed by atoms with Gasteiger partial charge in [-0.05, 0) is 68.5 Å². The normalized spacial score (nSPS) is 15.0. The molecule has 4 rings (SSSR count). The lowest BCUT2D eigenvalue weighted by Gasteiger charge is -2.25. The van der Waals surface area contributed by atoms with E-state index < -0.39 is 16.9 Å². The van der Waals surface area contributed by atoms with Gasteiger partial charge in [0, 0.05) is 16.5 Å². The molecular weight excluding hydrogens is 416 g/mol. The number of fused-ring (bicyclic) bond motifs is 1. The number of alkyl carbamates (subject to hydrolysis) is 1. The smallest absolute Gasteiger partial charge is 0.408 e. The standard InChI is InChI=1S/C24H25ClN2O4/c1-24(2,3)30-23(29)26-19(12-14-8-9-14)16-6-4-5-7-17(16)21-18-11-10-15(22(25)28)13-20(18)31-27-21/h4-7,10-11,13-14,19H,8-9,12H2,1-3H3,(H,26,29). The Bertz CT molecular complexity index is 1130. The lowest BCUT2D eigenvalue weighted by atomic mass is 9.93. The van der Waals surface area contributed by atoms with E-state index >= 15 is 0 Å². The molecule has 0 saturated heterocycles. The van der Waals surface area contributed by atoms with Gasteiger partial charge in [0.05, 0.1) is 6.04 Å². The molecule has 1 fully saturated rings. The van der Waals surface area contributed by atoms with Crippen LogP contribution in [0.5, 0.6) is 0 Å². The van der Waals surface area contributed by atoms with Crippen LogP contribution in [0.2, 0.25) is 0 Å². The molecule has 1 N–H and O–H groups in total. The van der Waals surface area contributed by atoms with Gasteiger partial charge in [0.1, 0.15) is 11.3 Å². The number of aromatic nitrogens is 1. The summed E-state index contributed by atoms with van der Waals surface area (Å²) >= 11 is 5.59. The van der Waals surface area contributed by atoms with Crippen LogP contribution in [0, 0.1) is 5.92 Å². The van der Waals surface area contributed by atoms with Gasteiger partial charge in [-0.15, -0.1) is 0 Å². The molecule has 1 unspecified atom stereocenters. The Hall–Kier alpha value is -2.86. The van der Waals surface area contributed by atoms with Gasteiger partial charge in [0.2, 0.25) is 0 Å². The van der Waals surface area contributed by atoms with E-state index in [-0.39, 0.29) is 6.04 Å². The molecule has 0 bridgehead atoms. The van der Waals surface area contributed by atoms with Crippen molar-refractivity contribution >= 4 is 33.9 Å². The van der Waals surface area contributed by atoms with E-state index in [2.05, 4.69) is 10.5 Å². The van der Waals surface area contributed by atoms with Crippen LogP contribution in [0.3, 0.4) is 0 Å². The highest BCUT2D eigenvalue weighted by Gasteiger charge is 2.30. The molecule has 31 heavy (non-hydrogen) atoms. The molecular formula is C24H25ClN2O4. The predicted molar refractivity (Wildman–Crippen MR) is 119 cm³/mol. The molecule has 1 heterocycles. The zero-order valence-corrected chi connectivity index (χ0v) is 18.5. The fraction of sp³-hybridized carbons (Fsp3) is 0.375. The van der Waals surface area contributed by atoms with Crippen molar-refractivity contribution in [1.29, 1.82) is 0 Å². The summed E-state index contributed by atoms with van der Waals surface area (Å²) in [4.78, 5) is 24.0. The van der Waals surface area contributed by atoms with Crippen molar-refractivity contribution in [2.45, 2.75) is 51.7 Å². The topological polar surface area (TPSA) is 81.4 Å². The number of nitrogens with one attached hydrogen (secondary N) is 1. The number of amides is 1. The van der Waals surface area contributed by atoms with Gasteiger partial charge in [-0.25, -0.2) is 4.79 Å². The zero-order valence-electron chi connectivity index (χ0n) is 17.8. The summed E-state index contributed by atoms with van der Waals surface area (Å²) < 4.78 is 11.0. The predicted octanol–water partition coefficient (Wildman–Crippen LogP) is 6.24. The second-order valence-corrected chi connectivity index (χ2v) is 9.32. The first-order valence-corrected chi connectivity index (χ1v) is 10.8. The first kappa shape index (κ1) is 21.4. The molecule has 1 amide bonds. The van der Waals surface area contributed by atoms with Gasteiger partial charge in [-0.3, -0.25) is 4.79 Å². The lowest BCUT2D eigenvalue weighted by Crippen LogP contribution is -2.35. The van der Waals surface area contributed by atoms with E-state index in [9.17, 15) is 9.59 Å². The average Bonchev–Trinajstić information content (AvgIpc) is 3.41. The van der Waals surface area contributed by atoms with Crippen molar-refractivity contribution in [3.63, 3.8) is 0 Å². The number of halogens is 1. The Morgan fingerprint density at radius 1 is 1.23 bits per heavy atom. The van der Waals surface area contributed by atoms with Gasteiger partial charge >= 0.3 is 6.09 Å². The monoisotopic (exact) mass is 440 g/mol. The van der Waals surface area contributed by atoms with Gasteiger partial charge in [-0.1, -0.05) is 42.3 Å².